The zero-order valence-electron chi connectivity index (χ0n) is 11.5. The second-order valence-electron chi connectivity index (χ2n) is 4.87. The second kappa shape index (κ2) is 6.70. The van der Waals surface area contributed by atoms with Crippen molar-refractivity contribution in [3.8, 4) is 11.8 Å². The van der Waals surface area contributed by atoms with Gasteiger partial charge in [-0.25, -0.2) is 8.42 Å². The summed E-state index contributed by atoms with van der Waals surface area (Å²) in [5.74, 6) is 5.50. The quantitative estimate of drug-likeness (QED) is 0.730. The molecule has 1 aromatic heterocycles. The highest BCUT2D eigenvalue weighted by molar-refractivity contribution is 7.91. The Kier molecular flexibility index (Phi) is 4.94. The smallest absolute Gasteiger partial charge is 0.253 e. The number of carbonyl (C=O) groups is 1. The molecule has 0 aliphatic carbocycles. The first kappa shape index (κ1) is 15.5. The first-order valence-electron chi connectivity index (χ1n) is 6.65. The van der Waals surface area contributed by atoms with Gasteiger partial charge in [-0.3, -0.25) is 9.78 Å². The van der Waals surface area contributed by atoms with Crippen molar-refractivity contribution in [2.24, 2.45) is 5.73 Å². The lowest BCUT2D eigenvalue weighted by Crippen LogP contribution is -2.40. The standard InChI is InChI=1S/C14H17N3O3S/c15-5-1-2-11-8-12(10-16-9-11)14(18)17-13-3-6-21(19,20)7-4-13/h8-10,13H,3-7,15H2,(H,17,18). The molecule has 2 rings (SSSR count). The average molecular weight is 307 g/mol. The van der Waals surface area contributed by atoms with E-state index in [2.05, 4.69) is 22.1 Å². The number of hydrogen-bond acceptors (Lipinski definition) is 5. The number of nitrogens with one attached hydrogen (secondary N) is 1. The Morgan fingerprint density at radius 2 is 2.10 bits per heavy atom. The summed E-state index contributed by atoms with van der Waals surface area (Å²) in [6.07, 6.45) is 3.93. The van der Waals surface area contributed by atoms with E-state index in [1.807, 2.05) is 0 Å². The summed E-state index contributed by atoms with van der Waals surface area (Å²) in [5.41, 5.74) is 6.33. The lowest BCUT2D eigenvalue weighted by Gasteiger charge is -2.22. The molecule has 0 aromatic carbocycles. The van der Waals surface area contributed by atoms with Crippen LogP contribution in [0.4, 0.5) is 0 Å². The van der Waals surface area contributed by atoms with Crippen LogP contribution in [0.2, 0.25) is 0 Å². The molecule has 1 amide bonds. The minimum atomic E-state index is -2.93. The van der Waals surface area contributed by atoms with E-state index in [9.17, 15) is 13.2 Å². The molecule has 0 spiro atoms. The first-order valence-corrected chi connectivity index (χ1v) is 8.47. The maximum atomic E-state index is 12.1. The molecule has 112 valence electrons. The number of amides is 1. The fourth-order valence-electron chi connectivity index (χ4n) is 2.09. The molecule has 0 saturated carbocycles. The van der Waals surface area contributed by atoms with Gasteiger partial charge in [-0.2, -0.15) is 0 Å². The van der Waals surface area contributed by atoms with Crippen molar-refractivity contribution in [1.82, 2.24) is 10.3 Å². The van der Waals surface area contributed by atoms with E-state index in [0.717, 1.165) is 0 Å². The molecule has 1 aliphatic heterocycles. The minimum Gasteiger partial charge on any atom is -0.349 e. The van der Waals surface area contributed by atoms with Crippen LogP contribution in [0.25, 0.3) is 0 Å². The molecule has 1 aliphatic rings. The Bertz CT molecular complexity index is 675. The predicted molar refractivity (Wildman–Crippen MR) is 79.3 cm³/mol. The highest BCUT2D eigenvalue weighted by Crippen LogP contribution is 2.13. The molecule has 2 heterocycles. The number of carbonyl (C=O) groups excluding carboxylic acids is 1. The number of sulfone groups is 1. The summed E-state index contributed by atoms with van der Waals surface area (Å²) in [6.45, 7) is 0.243. The van der Waals surface area contributed by atoms with Crippen LogP contribution in [0.5, 0.6) is 0 Å². The van der Waals surface area contributed by atoms with E-state index in [-0.39, 0.29) is 30.0 Å². The van der Waals surface area contributed by atoms with Gasteiger partial charge >= 0.3 is 0 Å². The SMILES string of the molecule is NCC#Cc1cncc(C(=O)NC2CCS(=O)(=O)CC2)c1. The van der Waals surface area contributed by atoms with Crippen LogP contribution in [-0.4, -0.2) is 43.4 Å². The van der Waals surface area contributed by atoms with Gasteiger partial charge in [-0.05, 0) is 18.9 Å². The fourth-order valence-corrected chi connectivity index (χ4v) is 3.58. The van der Waals surface area contributed by atoms with E-state index in [1.54, 1.807) is 12.3 Å². The van der Waals surface area contributed by atoms with E-state index < -0.39 is 9.84 Å². The van der Waals surface area contributed by atoms with Crippen LogP contribution < -0.4 is 11.1 Å². The Hall–Kier alpha value is -1.91. The number of rotatable bonds is 2. The topological polar surface area (TPSA) is 102 Å². The Morgan fingerprint density at radius 3 is 2.76 bits per heavy atom. The van der Waals surface area contributed by atoms with Crippen LogP contribution in [0, 0.1) is 11.8 Å². The lowest BCUT2D eigenvalue weighted by molar-refractivity contribution is 0.0934. The third-order valence-corrected chi connectivity index (χ3v) is 4.94. The molecule has 0 unspecified atom stereocenters. The number of hydrogen-bond donors (Lipinski definition) is 2. The fraction of sp³-hybridized carbons (Fsp3) is 0.429. The van der Waals surface area contributed by atoms with Crippen molar-refractivity contribution >= 4 is 15.7 Å². The summed E-state index contributed by atoms with van der Waals surface area (Å²) >= 11 is 0. The maximum Gasteiger partial charge on any atom is 0.253 e. The number of pyridine rings is 1. The van der Waals surface area contributed by atoms with E-state index in [0.29, 0.717) is 24.0 Å². The molecular formula is C14H17N3O3S. The third-order valence-electron chi connectivity index (χ3n) is 3.23. The average Bonchev–Trinajstić information content (AvgIpc) is 2.47. The summed E-state index contributed by atoms with van der Waals surface area (Å²) in [4.78, 5) is 16.1. The summed E-state index contributed by atoms with van der Waals surface area (Å²) in [6, 6.07) is 1.53. The molecular weight excluding hydrogens is 290 g/mol. The minimum absolute atomic E-state index is 0.111. The summed E-state index contributed by atoms with van der Waals surface area (Å²) in [5, 5.41) is 2.84. The molecule has 21 heavy (non-hydrogen) atoms. The molecule has 0 bridgehead atoms. The lowest BCUT2D eigenvalue weighted by atomic mass is 10.1. The van der Waals surface area contributed by atoms with E-state index in [4.69, 9.17) is 5.73 Å². The van der Waals surface area contributed by atoms with Crippen molar-refractivity contribution in [1.29, 1.82) is 0 Å². The van der Waals surface area contributed by atoms with Crippen LogP contribution in [0.15, 0.2) is 18.5 Å². The number of nitrogens with two attached hydrogens (primary N) is 1. The van der Waals surface area contributed by atoms with Gasteiger partial charge in [0.2, 0.25) is 0 Å². The van der Waals surface area contributed by atoms with Gasteiger partial charge in [-0.1, -0.05) is 11.8 Å². The van der Waals surface area contributed by atoms with Gasteiger partial charge < -0.3 is 11.1 Å². The van der Waals surface area contributed by atoms with E-state index in [1.165, 1.54) is 6.20 Å². The molecule has 0 atom stereocenters. The van der Waals surface area contributed by atoms with Gasteiger partial charge in [0.05, 0.1) is 23.6 Å². The highest BCUT2D eigenvalue weighted by Gasteiger charge is 2.24. The van der Waals surface area contributed by atoms with Crippen molar-refractivity contribution < 1.29 is 13.2 Å². The predicted octanol–water partition coefficient (Wildman–Crippen LogP) is -0.301. The molecule has 0 radical (unpaired) electrons. The van der Waals surface area contributed by atoms with Crippen LogP contribution in [0.1, 0.15) is 28.8 Å². The second-order valence-corrected chi connectivity index (χ2v) is 7.17. The first-order chi connectivity index (χ1) is 10.00. The van der Waals surface area contributed by atoms with Crippen molar-refractivity contribution in [2.45, 2.75) is 18.9 Å². The molecule has 1 aromatic rings. The van der Waals surface area contributed by atoms with Crippen molar-refractivity contribution in [3.63, 3.8) is 0 Å². The molecule has 1 fully saturated rings. The van der Waals surface area contributed by atoms with Gasteiger partial charge in [0.25, 0.3) is 5.91 Å². The van der Waals surface area contributed by atoms with Crippen LogP contribution >= 0.6 is 0 Å². The molecule has 6 nitrogen and oxygen atoms in total. The van der Waals surface area contributed by atoms with Crippen LogP contribution in [-0.2, 0) is 9.84 Å². The zero-order valence-corrected chi connectivity index (χ0v) is 12.3. The number of aromatic nitrogens is 1. The Labute approximate surface area is 124 Å². The van der Waals surface area contributed by atoms with Crippen LogP contribution in [0.3, 0.4) is 0 Å². The van der Waals surface area contributed by atoms with Gasteiger partial charge in [0.15, 0.2) is 0 Å². The van der Waals surface area contributed by atoms with Gasteiger partial charge in [0, 0.05) is 24.0 Å². The van der Waals surface area contributed by atoms with Crippen molar-refractivity contribution in [2.75, 3.05) is 18.1 Å². The number of nitrogens with zero attached hydrogens (tertiary/aromatic N) is 1. The monoisotopic (exact) mass is 307 g/mol. The molecule has 3 N–H and O–H groups in total. The van der Waals surface area contributed by atoms with Crippen molar-refractivity contribution in [3.05, 3.63) is 29.6 Å². The largest absolute Gasteiger partial charge is 0.349 e. The van der Waals surface area contributed by atoms with Gasteiger partial charge in [-0.15, -0.1) is 0 Å². The zero-order chi connectivity index (χ0) is 15.3. The summed E-state index contributed by atoms with van der Waals surface area (Å²) in [7, 11) is -2.93. The third kappa shape index (κ3) is 4.55. The van der Waals surface area contributed by atoms with Gasteiger partial charge in [0.1, 0.15) is 9.84 Å². The van der Waals surface area contributed by atoms with E-state index >= 15 is 0 Å². The molecule has 1 saturated heterocycles. The normalized spacial score (nSPS) is 17.6. The Morgan fingerprint density at radius 1 is 1.38 bits per heavy atom. The summed E-state index contributed by atoms with van der Waals surface area (Å²) < 4.78 is 22.7. The Balaban J connectivity index is 2.01. The maximum absolute atomic E-state index is 12.1. The molecule has 7 heteroatoms. The highest BCUT2D eigenvalue weighted by atomic mass is 32.2.